The first kappa shape index (κ1) is 32.7. The van der Waals surface area contributed by atoms with Gasteiger partial charge in [0.2, 0.25) is 5.79 Å². The fourth-order valence-corrected chi connectivity index (χ4v) is 9.43. The van der Waals surface area contributed by atoms with Crippen molar-refractivity contribution in [3.8, 4) is 0 Å². The van der Waals surface area contributed by atoms with Gasteiger partial charge in [-0.05, 0) is 95.2 Å². The third kappa shape index (κ3) is 8.02. The number of rotatable bonds is 10. The molecule has 1 fully saturated rings. The second-order valence-electron chi connectivity index (χ2n) is 14.0. The molecule has 0 saturated carbocycles. The van der Waals surface area contributed by atoms with Gasteiger partial charge in [-0.3, -0.25) is 0 Å². The summed E-state index contributed by atoms with van der Waals surface area (Å²) in [5.74, 6) is -1.85. The van der Waals surface area contributed by atoms with Crippen LogP contribution in [0.5, 0.6) is 0 Å². The molecule has 0 radical (unpaired) electrons. The summed E-state index contributed by atoms with van der Waals surface area (Å²) in [5.41, 5.74) is 3.72. The summed E-state index contributed by atoms with van der Waals surface area (Å²) < 4.78 is 27.9. The highest BCUT2D eigenvalue weighted by Gasteiger charge is 2.59. The Morgan fingerprint density at radius 2 is 1.49 bits per heavy atom. The van der Waals surface area contributed by atoms with Crippen LogP contribution >= 0.6 is 11.3 Å². The van der Waals surface area contributed by atoms with Gasteiger partial charge in [0.05, 0.1) is 21.8 Å². The molecule has 11 heteroatoms. The summed E-state index contributed by atoms with van der Waals surface area (Å²) in [7, 11) is -6.48. The zero-order valence-electron chi connectivity index (χ0n) is 26.1. The van der Waals surface area contributed by atoms with Crippen LogP contribution in [0.25, 0.3) is 10.2 Å². The van der Waals surface area contributed by atoms with Gasteiger partial charge in [-0.15, -0.1) is 11.3 Å². The van der Waals surface area contributed by atoms with Crippen molar-refractivity contribution in [2.45, 2.75) is 102 Å². The van der Waals surface area contributed by atoms with Gasteiger partial charge in [-0.25, -0.2) is 4.98 Å². The van der Waals surface area contributed by atoms with Crippen LogP contribution in [0.1, 0.15) is 21.7 Å². The van der Waals surface area contributed by atoms with Crippen LogP contribution in [-0.2, 0) is 30.2 Å². The molecule has 0 spiro atoms. The molecule has 7 nitrogen and oxygen atoms in total. The van der Waals surface area contributed by atoms with Crippen molar-refractivity contribution in [2.75, 3.05) is 6.61 Å². The monoisotopic (exact) mass is 633 g/mol. The standard InChI is InChI=1S/C30H47NO6SSi3/c1-20-15-16-22(17-21(20)18-26-31-23-13-11-12-14-25(23)38-26)30(33)29(37-41(8,9)10)28(36-40(5,6)7)27(24(19-32)34-30)35-39(2,3)4/h11-17,24,27-29,32-33H,18-19H2,1-10H3/t24?,27-,28?,29-,30?/m1/s1. The van der Waals surface area contributed by atoms with Crippen LogP contribution in [-0.4, -0.2) is 71.2 Å². The first-order valence-electron chi connectivity index (χ1n) is 14.4. The first-order valence-corrected chi connectivity index (χ1v) is 25.4. The molecule has 5 atom stereocenters. The SMILES string of the molecule is Cc1ccc(C2(O)OC(CO)[C@@H](O[Si](C)(C)C)C(O[Si](C)(C)C)[C@H]2O[Si](C)(C)C)cc1Cc1nc2ccccc2s1. The summed E-state index contributed by atoms with van der Waals surface area (Å²) in [6.45, 7) is 20.7. The van der Waals surface area contributed by atoms with E-state index < -0.39 is 55.2 Å². The van der Waals surface area contributed by atoms with E-state index in [2.05, 4.69) is 71.9 Å². The largest absolute Gasteiger partial charge is 0.409 e. The van der Waals surface area contributed by atoms with Crippen LogP contribution in [0.3, 0.4) is 0 Å². The Kier molecular flexibility index (Phi) is 9.58. The van der Waals surface area contributed by atoms with Gasteiger partial charge in [0.25, 0.3) is 0 Å². The Morgan fingerprint density at radius 1 is 0.878 bits per heavy atom. The summed E-state index contributed by atoms with van der Waals surface area (Å²) in [6.07, 6.45) is -2.20. The van der Waals surface area contributed by atoms with E-state index in [-0.39, 0.29) is 6.61 Å². The third-order valence-corrected chi connectivity index (χ3v) is 10.7. The lowest BCUT2D eigenvalue weighted by Crippen LogP contribution is -2.69. The maximum atomic E-state index is 12.6. The van der Waals surface area contributed by atoms with E-state index in [0.717, 1.165) is 26.4 Å². The maximum Gasteiger partial charge on any atom is 0.221 e. The van der Waals surface area contributed by atoms with Crippen molar-refractivity contribution in [3.63, 3.8) is 0 Å². The van der Waals surface area contributed by atoms with Crippen LogP contribution in [0.4, 0.5) is 0 Å². The number of aromatic nitrogens is 1. The summed E-state index contributed by atoms with van der Waals surface area (Å²) in [6, 6.07) is 14.1. The van der Waals surface area contributed by atoms with Gasteiger partial charge >= 0.3 is 0 Å². The minimum atomic E-state index is -2.23. The van der Waals surface area contributed by atoms with Gasteiger partial charge in [0.15, 0.2) is 25.0 Å². The molecule has 0 amide bonds. The van der Waals surface area contributed by atoms with Crippen LogP contribution in [0, 0.1) is 6.92 Å². The molecule has 2 heterocycles. The van der Waals surface area contributed by atoms with Crippen LogP contribution < -0.4 is 0 Å². The number of nitrogens with zero attached hydrogens (tertiary/aromatic N) is 1. The van der Waals surface area contributed by atoms with Crippen LogP contribution in [0.2, 0.25) is 58.9 Å². The molecule has 2 aromatic carbocycles. The van der Waals surface area contributed by atoms with Gasteiger partial charge in [0, 0.05) is 12.0 Å². The van der Waals surface area contributed by atoms with Crippen molar-refractivity contribution < 1.29 is 28.2 Å². The zero-order valence-corrected chi connectivity index (χ0v) is 30.0. The molecule has 41 heavy (non-hydrogen) atoms. The van der Waals surface area contributed by atoms with Crippen molar-refractivity contribution in [3.05, 3.63) is 64.2 Å². The van der Waals surface area contributed by atoms with Gasteiger partial charge < -0.3 is 28.2 Å². The van der Waals surface area contributed by atoms with Crippen molar-refractivity contribution in [2.24, 2.45) is 0 Å². The molecule has 1 aliphatic heterocycles. The second kappa shape index (κ2) is 12.0. The predicted molar refractivity (Wildman–Crippen MR) is 174 cm³/mol. The Hall–Kier alpha value is -1.26. The molecule has 226 valence electrons. The third-order valence-electron chi connectivity index (χ3n) is 6.79. The number of aliphatic hydroxyl groups is 2. The van der Waals surface area contributed by atoms with Gasteiger partial charge in [-0.2, -0.15) is 0 Å². The van der Waals surface area contributed by atoms with E-state index in [1.807, 2.05) is 36.4 Å². The molecule has 1 aromatic heterocycles. The highest BCUT2D eigenvalue weighted by Crippen LogP contribution is 2.43. The minimum absolute atomic E-state index is 0.312. The Balaban J connectivity index is 1.81. The van der Waals surface area contributed by atoms with Crippen molar-refractivity contribution >= 4 is 46.5 Å². The molecule has 1 saturated heterocycles. The molecule has 3 aromatic rings. The number of benzene rings is 2. The smallest absolute Gasteiger partial charge is 0.221 e. The lowest BCUT2D eigenvalue weighted by Gasteiger charge is -2.54. The Labute approximate surface area is 252 Å². The van der Waals surface area contributed by atoms with E-state index in [0.29, 0.717) is 12.0 Å². The molecule has 0 aliphatic carbocycles. The Bertz CT molecular complexity index is 1320. The molecule has 3 unspecified atom stereocenters. The average Bonchev–Trinajstić information content (AvgIpc) is 3.24. The normalized spacial score (nSPS) is 26.0. The van der Waals surface area contributed by atoms with E-state index in [1.165, 1.54) is 0 Å². The first-order chi connectivity index (χ1) is 18.9. The predicted octanol–water partition coefficient (Wildman–Crippen LogP) is 6.39. The molecular weight excluding hydrogens is 587 g/mol. The number of para-hydroxylation sites is 1. The van der Waals surface area contributed by atoms with Gasteiger partial charge in [0.1, 0.15) is 24.4 Å². The lowest BCUT2D eigenvalue weighted by atomic mass is 9.86. The molecule has 1 aliphatic rings. The fourth-order valence-electron chi connectivity index (χ4n) is 5.20. The van der Waals surface area contributed by atoms with E-state index in [9.17, 15) is 10.2 Å². The Morgan fingerprint density at radius 3 is 2.07 bits per heavy atom. The quantitative estimate of drug-likeness (QED) is 0.250. The maximum absolute atomic E-state index is 12.6. The molecule has 4 rings (SSSR count). The lowest BCUT2D eigenvalue weighted by molar-refractivity contribution is -0.349. The second-order valence-corrected chi connectivity index (χ2v) is 28.5. The number of hydrogen-bond acceptors (Lipinski definition) is 8. The number of hydrogen-bond donors (Lipinski definition) is 2. The van der Waals surface area contributed by atoms with E-state index in [1.54, 1.807) is 11.3 Å². The minimum Gasteiger partial charge on any atom is -0.409 e. The van der Waals surface area contributed by atoms with Crippen LogP contribution in [0.15, 0.2) is 42.5 Å². The topological polar surface area (TPSA) is 90.3 Å². The van der Waals surface area contributed by atoms with Gasteiger partial charge in [-0.1, -0.05) is 24.3 Å². The van der Waals surface area contributed by atoms with Crippen molar-refractivity contribution in [1.82, 2.24) is 4.98 Å². The highest BCUT2D eigenvalue weighted by atomic mass is 32.1. The van der Waals surface area contributed by atoms with E-state index in [4.69, 9.17) is 23.0 Å². The summed E-state index contributed by atoms with van der Waals surface area (Å²) >= 11 is 1.68. The number of thiazole rings is 1. The van der Waals surface area contributed by atoms with E-state index >= 15 is 0 Å². The summed E-state index contributed by atoms with van der Waals surface area (Å²) in [4.78, 5) is 4.84. The van der Waals surface area contributed by atoms with Crippen molar-refractivity contribution in [1.29, 1.82) is 0 Å². The number of ether oxygens (including phenoxy) is 1. The zero-order chi connectivity index (χ0) is 30.4. The fraction of sp³-hybridized carbons (Fsp3) is 0.567. The highest BCUT2D eigenvalue weighted by molar-refractivity contribution is 7.18. The average molecular weight is 634 g/mol. The molecule has 2 N–H and O–H groups in total. The number of aliphatic hydroxyl groups excluding tert-OH is 1. The number of aryl methyl sites for hydroxylation is 1. The summed E-state index contributed by atoms with van der Waals surface area (Å²) in [5, 5.41) is 24.1. The molecule has 0 bridgehead atoms. The number of fused-ring (bicyclic) bond motifs is 1. The molecular formula is C30H47NO6SSi3.